The van der Waals surface area contributed by atoms with Gasteiger partial charge in [-0.1, -0.05) is 146 Å². The predicted octanol–water partition coefficient (Wildman–Crippen LogP) is 16.3. The summed E-state index contributed by atoms with van der Waals surface area (Å²) in [5.74, 6) is 0. The van der Waals surface area contributed by atoms with Gasteiger partial charge in [-0.2, -0.15) is 0 Å². The second kappa shape index (κ2) is 13.1. The van der Waals surface area contributed by atoms with Gasteiger partial charge >= 0.3 is 0 Å². The van der Waals surface area contributed by atoms with E-state index in [0.29, 0.717) is 0 Å². The van der Waals surface area contributed by atoms with E-state index < -0.39 is 0 Å². The lowest BCUT2D eigenvalue weighted by Gasteiger charge is -2.28. The molecule has 4 heteroatoms. The largest absolute Gasteiger partial charge is 0.456 e. The van der Waals surface area contributed by atoms with E-state index in [1.807, 2.05) is 23.5 Å². The first kappa shape index (κ1) is 32.8. The highest BCUT2D eigenvalue weighted by Crippen LogP contribution is 2.52. The minimum absolute atomic E-state index is 0.843. The molecule has 0 saturated carbocycles. The van der Waals surface area contributed by atoms with E-state index in [1.54, 1.807) is 0 Å². The fraction of sp³-hybridized carbons (Fsp3) is 0. The van der Waals surface area contributed by atoms with Crippen LogP contribution < -0.4 is 4.90 Å². The molecule has 0 aliphatic heterocycles. The topological polar surface area (TPSA) is 29.5 Å². The molecule has 3 aromatic heterocycles. The van der Waals surface area contributed by atoms with Crippen molar-refractivity contribution in [2.45, 2.75) is 0 Å². The van der Waals surface area contributed by atoms with Gasteiger partial charge in [0.05, 0.1) is 16.8 Å². The summed E-state index contributed by atoms with van der Waals surface area (Å²) in [5.41, 5.74) is 13.7. The normalized spacial score (nSPS) is 11.8. The molecule has 0 aliphatic carbocycles. The number of thiophene rings is 1. The third-order valence-corrected chi connectivity index (χ3v) is 12.7. The van der Waals surface area contributed by atoms with Crippen molar-refractivity contribution >= 4 is 92.4 Å². The summed E-state index contributed by atoms with van der Waals surface area (Å²) in [5, 5.41) is 6.77. The zero-order valence-corrected chi connectivity index (χ0v) is 32.0. The molecule has 0 bridgehead atoms. The molecule has 12 aromatic rings. The van der Waals surface area contributed by atoms with Crippen LogP contribution in [0.15, 0.2) is 209 Å². The summed E-state index contributed by atoms with van der Waals surface area (Å²) in [4.78, 5) is 2.45. The Labute approximate surface area is 338 Å². The van der Waals surface area contributed by atoms with Crippen LogP contribution in [0.4, 0.5) is 17.1 Å². The molecule has 12 rings (SSSR count). The van der Waals surface area contributed by atoms with Crippen molar-refractivity contribution in [3.63, 3.8) is 0 Å². The second-order valence-corrected chi connectivity index (χ2v) is 15.8. The number of furan rings is 2. The Morgan fingerprint density at radius 3 is 1.76 bits per heavy atom. The van der Waals surface area contributed by atoms with Gasteiger partial charge < -0.3 is 13.7 Å². The molecular weight excluding hydrogens is 727 g/mol. The van der Waals surface area contributed by atoms with Gasteiger partial charge in [-0.15, -0.1) is 11.3 Å². The molecule has 0 fully saturated rings. The maximum absolute atomic E-state index is 6.73. The van der Waals surface area contributed by atoms with E-state index in [-0.39, 0.29) is 0 Å². The Hall–Kier alpha value is -7.40. The number of benzene rings is 9. The monoisotopic (exact) mass is 759 g/mol. The Morgan fingerprint density at radius 1 is 0.345 bits per heavy atom. The van der Waals surface area contributed by atoms with E-state index in [2.05, 4.69) is 193 Å². The van der Waals surface area contributed by atoms with Gasteiger partial charge in [0.1, 0.15) is 22.3 Å². The van der Waals surface area contributed by atoms with Gasteiger partial charge in [-0.3, -0.25) is 0 Å². The molecule has 0 aliphatic rings. The number of para-hydroxylation sites is 1. The highest BCUT2D eigenvalue weighted by atomic mass is 32.1. The second-order valence-electron chi connectivity index (χ2n) is 14.8. The van der Waals surface area contributed by atoms with Crippen molar-refractivity contribution in [3.05, 3.63) is 200 Å². The Balaban J connectivity index is 1.20. The van der Waals surface area contributed by atoms with Gasteiger partial charge in [0.25, 0.3) is 0 Å². The van der Waals surface area contributed by atoms with Crippen molar-refractivity contribution < 1.29 is 8.83 Å². The van der Waals surface area contributed by atoms with Crippen LogP contribution in [0, 0.1) is 0 Å². The Kier molecular flexibility index (Phi) is 7.40. The summed E-state index contributed by atoms with van der Waals surface area (Å²) in [6.07, 6.45) is 0. The number of anilines is 3. The van der Waals surface area contributed by atoms with Gasteiger partial charge in [0.15, 0.2) is 0 Å². The fourth-order valence-electron chi connectivity index (χ4n) is 8.86. The molecule has 0 atom stereocenters. The molecule has 9 aromatic carbocycles. The molecule has 0 radical (unpaired) electrons. The number of rotatable bonds is 6. The molecule has 3 nitrogen and oxygen atoms in total. The lowest BCUT2D eigenvalue weighted by Crippen LogP contribution is -2.11. The van der Waals surface area contributed by atoms with Crippen LogP contribution in [0.3, 0.4) is 0 Å². The van der Waals surface area contributed by atoms with Gasteiger partial charge in [0.2, 0.25) is 0 Å². The van der Waals surface area contributed by atoms with Gasteiger partial charge in [-0.25, -0.2) is 0 Å². The van der Waals surface area contributed by atoms with Crippen LogP contribution in [-0.4, -0.2) is 0 Å². The van der Waals surface area contributed by atoms with Gasteiger partial charge in [-0.05, 0) is 88.0 Å². The molecule has 0 unspecified atom stereocenters. The summed E-state index contributed by atoms with van der Waals surface area (Å²) >= 11 is 1.87. The van der Waals surface area contributed by atoms with E-state index in [0.717, 1.165) is 72.1 Å². The van der Waals surface area contributed by atoms with E-state index in [9.17, 15) is 0 Å². The lowest BCUT2D eigenvalue weighted by molar-refractivity contribution is 0.668. The summed E-state index contributed by atoms with van der Waals surface area (Å²) in [7, 11) is 0. The maximum atomic E-state index is 6.73. The van der Waals surface area contributed by atoms with Crippen LogP contribution in [0.2, 0.25) is 0 Å². The highest BCUT2D eigenvalue weighted by Gasteiger charge is 2.26. The molecule has 0 spiro atoms. The zero-order chi connectivity index (χ0) is 38.2. The Morgan fingerprint density at radius 2 is 0.966 bits per heavy atom. The molecule has 0 saturated heterocycles. The number of hydrogen-bond donors (Lipinski definition) is 0. The SMILES string of the molecule is c1ccc(-c2ccc3c(c2)sc2c(-c4ccccc4)ccc(N(c4ccc5oc6ccccc6c5c4)c4cccc5oc6cccc(-c7ccccc7)c6c45)c23)cc1. The molecule has 0 N–H and O–H groups in total. The van der Waals surface area contributed by atoms with Crippen molar-refractivity contribution in [2.24, 2.45) is 0 Å². The third kappa shape index (κ3) is 5.12. The Bertz CT molecular complexity index is 3510. The molecule has 58 heavy (non-hydrogen) atoms. The van der Waals surface area contributed by atoms with E-state index in [1.165, 1.54) is 42.4 Å². The van der Waals surface area contributed by atoms with E-state index in [4.69, 9.17) is 8.83 Å². The number of fused-ring (bicyclic) bond motifs is 9. The third-order valence-electron chi connectivity index (χ3n) is 11.5. The first-order valence-electron chi connectivity index (χ1n) is 19.6. The van der Waals surface area contributed by atoms with Crippen molar-refractivity contribution in [1.29, 1.82) is 0 Å². The highest BCUT2D eigenvalue weighted by molar-refractivity contribution is 7.26. The quantitative estimate of drug-likeness (QED) is 0.169. The van der Waals surface area contributed by atoms with Crippen molar-refractivity contribution in [3.8, 4) is 33.4 Å². The van der Waals surface area contributed by atoms with Crippen LogP contribution in [0.1, 0.15) is 0 Å². The minimum Gasteiger partial charge on any atom is -0.456 e. The first-order valence-corrected chi connectivity index (χ1v) is 20.4. The molecule has 0 amide bonds. The molecule has 272 valence electrons. The van der Waals surface area contributed by atoms with Crippen LogP contribution in [0.25, 0.3) is 97.4 Å². The lowest BCUT2D eigenvalue weighted by atomic mass is 9.97. The van der Waals surface area contributed by atoms with Crippen LogP contribution in [-0.2, 0) is 0 Å². The summed E-state index contributed by atoms with van der Waals surface area (Å²) in [6, 6.07) is 71.4. The van der Waals surface area contributed by atoms with Gasteiger partial charge in [0, 0.05) is 42.0 Å². The predicted molar refractivity (Wildman–Crippen MR) is 245 cm³/mol. The maximum Gasteiger partial charge on any atom is 0.137 e. The average Bonchev–Trinajstić information content (AvgIpc) is 3.99. The zero-order valence-electron chi connectivity index (χ0n) is 31.2. The average molecular weight is 760 g/mol. The van der Waals surface area contributed by atoms with Crippen LogP contribution >= 0.6 is 11.3 Å². The van der Waals surface area contributed by atoms with E-state index >= 15 is 0 Å². The molecule has 3 heterocycles. The number of nitrogens with zero attached hydrogens (tertiary/aromatic N) is 1. The van der Waals surface area contributed by atoms with Crippen molar-refractivity contribution in [1.82, 2.24) is 0 Å². The van der Waals surface area contributed by atoms with Crippen LogP contribution in [0.5, 0.6) is 0 Å². The standard InChI is InChI=1S/C54H33NO2S/c1-4-14-34(15-5-1)37-26-28-42-50(32-37)58-54-40(36-18-8-3-9-19-36)29-30-45(51(42)54)55(38-27-31-47-43(33-38)41-20-10-11-23-46(41)56-47)44-22-13-25-49-53(44)52-39(21-12-24-48(52)57-49)35-16-6-2-7-17-35/h1-33H. The fourth-order valence-corrected chi connectivity index (χ4v) is 10.2. The minimum atomic E-state index is 0.843. The smallest absolute Gasteiger partial charge is 0.137 e. The summed E-state index contributed by atoms with van der Waals surface area (Å²) < 4.78 is 15.6. The van der Waals surface area contributed by atoms with Crippen molar-refractivity contribution in [2.75, 3.05) is 4.90 Å². The molecular formula is C54H33NO2S. The first-order chi connectivity index (χ1) is 28.8. The number of hydrogen-bond acceptors (Lipinski definition) is 4. The summed E-state index contributed by atoms with van der Waals surface area (Å²) in [6.45, 7) is 0.